The van der Waals surface area contributed by atoms with E-state index in [-0.39, 0.29) is 36.6 Å². The predicted octanol–water partition coefficient (Wildman–Crippen LogP) is 3.53. The Morgan fingerprint density at radius 2 is 1.92 bits per heavy atom. The summed E-state index contributed by atoms with van der Waals surface area (Å²) in [5.41, 5.74) is 2.87. The first-order valence-corrected chi connectivity index (χ1v) is 8.51. The summed E-state index contributed by atoms with van der Waals surface area (Å²) in [5, 5.41) is 3.35. The van der Waals surface area contributed by atoms with E-state index in [0.29, 0.717) is 12.1 Å². The highest BCUT2D eigenvalue weighted by Crippen LogP contribution is 2.24. The van der Waals surface area contributed by atoms with Crippen molar-refractivity contribution >= 4 is 18.3 Å². The van der Waals surface area contributed by atoms with Gasteiger partial charge in [-0.25, -0.2) is 4.39 Å². The molecule has 1 aliphatic heterocycles. The molecule has 2 aromatic carbocycles. The van der Waals surface area contributed by atoms with Gasteiger partial charge in [-0.05, 0) is 29.2 Å². The largest absolute Gasteiger partial charge is 0.333 e. The second-order valence-electron chi connectivity index (χ2n) is 6.17. The minimum absolute atomic E-state index is 0. The van der Waals surface area contributed by atoms with Gasteiger partial charge in [0.2, 0.25) is 5.91 Å². The first-order valence-electron chi connectivity index (χ1n) is 8.51. The number of hydrogen-bond acceptors (Lipinski definition) is 2. The van der Waals surface area contributed by atoms with Crippen molar-refractivity contribution in [2.24, 2.45) is 0 Å². The number of carbonyl (C=O) groups excluding carboxylic acids is 1. The molecule has 0 saturated carbocycles. The summed E-state index contributed by atoms with van der Waals surface area (Å²) in [4.78, 5) is 14.6. The number of amides is 1. The van der Waals surface area contributed by atoms with Gasteiger partial charge in [0.05, 0.1) is 12.5 Å². The fourth-order valence-corrected chi connectivity index (χ4v) is 3.18. The summed E-state index contributed by atoms with van der Waals surface area (Å²) < 4.78 is 13.8. The number of halogens is 2. The minimum Gasteiger partial charge on any atom is -0.333 e. The molecule has 0 aromatic heterocycles. The molecule has 0 radical (unpaired) electrons. The maximum absolute atomic E-state index is 13.8. The smallest absolute Gasteiger partial charge is 0.227 e. The fourth-order valence-electron chi connectivity index (χ4n) is 3.18. The van der Waals surface area contributed by atoms with Crippen LogP contribution in [-0.2, 0) is 17.6 Å². The summed E-state index contributed by atoms with van der Waals surface area (Å²) in [6.07, 6.45) is 1.11. The molecule has 1 fully saturated rings. The van der Waals surface area contributed by atoms with Crippen LogP contribution in [0.2, 0.25) is 0 Å². The molecule has 25 heavy (non-hydrogen) atoms. The fraction of sp³-hybridized carbons (Fsp3) is 0.350. The number of aryl methyl sites for hydroxylation is 1. The summed E-state index contributed by atoms with van der Waals surface area (Å²) in [5.74, 6) is -0.337. The van der Waals surface area contributed by atoms with Gasteiger partial charge in [-0.2, -0.15) is 0 Å². The van der Waals surface area contributed by atoms with Gasteiger partial charge in [0.15, 0.2) is 0 Å². The SMILES string of the molecule is CCc1ccc(C2CNCCN2C(=O)Cc2ccccc2F)cc1.Cl. The molecule has 1 atom stereocenters. The Balaban J connectivity index is 0.00000225. The van der Waals surface area contributed by atoms with Crippen molar-refractivity contribution in [2.45, 2.75) is 25.8 Å². The van der Waals surface area contributed by atoms with Crippen molar-refractivity contribution in [3.8, 4) is 0 Å². The van der Waals surface area contributed by atoms with E-state index in [1.165, 1.54) is 11.6 Å². The maximum atomic E-state index is 13.8. The lowest BCUT2D eigenvalue weighted by atomic mass is 10.00. The van der Waals surface area contributed by atoms with Crippen LogP contribution in [0.15, 0.2) is 48.5 Å². The third-order valence-electron chi connectivity index (χ3n) is 4.64. The standard InChI is InChI=1S/C20H23FN2O.ClH/c1-2-15-7-9-16(10-8-15)19-14-22-11-12-23(19)20(24)13-17-5-3-4-6-18(17)21;/h3-10,19,22H,2,11-14H2,1H3;1H. The van der Waals surface area contributed by atoms with Crippen LogP contribution in [0.5, 0.6) is 0 Å². The van der Waals surface area contributed by atoms with E-state index in [1.54, 1.807) is 18.2 Å². The first kappa shape index (κ1) is 19.4. The molecule has 1 N–H and O–H groups in total. The van der Waals surface area contributed by atoms with Crippen LogP contribution in [0, 0.1) is 5.82 Å². The Hall–Kier alpha value is -1.91. The molecule has 134 valence electrons. The lowest BCUT2D eigenvalue weighted by molar-refractivity contribution is -0.133. The van der Waals surface area contributed by atoms with Crippen LogP contribution in [-0.4, -0.2) is 30.4 Å². The van der Waals surface area contributed by atoms with Crippen molar-refractivity contribution in [1.29, 1.82) is 0 Å². The molecule has 3 nitrogen and oxygen atoms in total. The Kier molecular flexibility index (Phi) is 6.97. The van der Waals surface area contributed by atoms with Crippen LogP contribution in [0.4, 0.5) is 4.39 Å². The zero-order chi connectivity index (χ0) is 16.9. The molecular weight excluding hydrogens is 339 g/mol. The highest BCUT2D eigenvalue weighted by molar-refractivity contribution is 5.85. The third-order valence-corrected chi connectivity index (χ3v) is 4.64. The second kappa shape index (κ2) is 8.97. The number of piperazine rings is 1. The molecule has 0 aliphatic carbocycles. The van der Waals surface area contributed by atoms with Gasteiger partial charge >= 0.3 is 0 Å². The Morgan fingerprint density at radius 3 is 2.60 bits per heavy atom. The van der Waals surface area contributed by atoms with Crippen LogP contribution in [0.1, 0.15) is 29.7 Å². The summed E-state index contributed by atoms with van der Waals surface area (Å²) >= 11 is 0. The summed E-state index contributed by atoms with van der Waals surface area (Å²) in [6.45, 7) is 4.27. The predicted molar refractivity (Wildman–Crippen MR) is 100 cm³/mol. The van der Waals surface area contributed by atoms with E-state index in [4.69, 9.17) is 0 Å². The highest BCUT2D eigenvalue weighted by atomic mass is 35.5. The van der Waals surface area contributed by atoms with Gasteiger partial charge in [0.1, 0.15) is 5.82 Å². The maximum Gasteiger partial charge on any atom is 0.227 e. The average Bonchev–Trinajstić information content (AvgIpc) is 2.63. The van der Waals surface area contributed by atoms with E-state index in [1.807, 2.05) is 4.90 Å². The number of hydrogen-bond donors (Lipinski definition) is 1. The Morgan fingerprint density at radius 1 is 1.20 bits per heavy atom. The normalized spacial score (nSPS) is 17.0. The van der Waals surface area contributed by atoms with E-state index in [0.717, 1.165) is 25.1 Å². The molecule has 2 aromatic rings. The third kappa shape index (κ3) is 4.59. The van der Waals surface area contributed by atoms with Gasteiger partial charge in [-0.3, -0.25) is 4.79 Å². The number of nitrogens with zero attached hydrogens (tertiary/aromatic N) is 1. The van der Waals surface area contributed by atoms with E-state index in [2.05, 4.69) is 36.5 Å². The molecule has 0 bridgehead atoms. The van der Waals surface area contributed by atoms with Gasteiger partial charge < -0.3 is 10.2 Å². The van der Waals surface area contributed by atoms with Crippen LogP contribution in [0.25, 0.3) is 0 Å². The van der Waals surface area contributed by atoms with Gasteiger partial charge in [-0.15, -0.1) is 12.4 Å². The van der Waals surface area contributed by atoms with E-state index >= 15 is 0 Å². The Bertz CT molecular complexity index is 705. The molecule has 0 spiro atoms. The highest BCUT2D eigenvalue weighted by Gasteiger charge is 2.28. The molecule has 1 heterocycles. The molecular formula is C20H24ClFN2O. The van der Waals surface area contributed by atoms with Gasteiger partial charge in [0.25, 0.3) is 0 Å². The second-order valence-corrected chi connectivity index (χ2v) is 6.17. The average molecular weight is 363 g/mol. The monoisotopic (exact) mass is 362 g/mol. The van der Waals surface area contributed by atoms with Crippen LogP contribution in [0.3, 0.4) is 0 Å². The topological polar surface area (TPSA) is 32.3 Å². The molecule has 5 heteroatoms. The lowest BCUT2D eigenvalue weighted by Crippen LogP contribution is -2.49. The van der Waals surface area contributed by atoms with Crippen molar-refractivity contribution < 1.29 is 9.18 Å². The first-order chi connectivity index (χ1) is 11.7. The van der Waals surface area contributed by atoms with Crippen molar-refractivity contribution in [3.63, 3.8) is 0 Å². The number of rotatable bonds is 4. The van der Waals surface area contributed by atoms with E-state index < -0.39 is 0 Å². The van der Waals surface area contributed by atoms with Crippen molar-refractivity contribution in [3.05, 3.63) is 71.0 Å². The lowest BCUT2D eigenvalue weighted by Gasteiger charge is -2.36. The number of nitrogens with one attached hydrogen (secondary N) is 1. The summed E-state index contributed by atoms with van der Waals surface area (Å²) in [7, 11) is 0. The van der Waals surface area contributed by atoms with Crippen molar-refractivity contribution in [2.75, 3.05) is 19.6 Å². The molecule has 1 saturated heterocycles. The molecule has 1 aliphatic rings. The Labute approximate surface area is 154 Å². The number of benzene rings is 2. The minimum atomic E-state index is -0.315. The number of carbonyl (C=O) groups is 1. The quantitative estimate of drug-likeness (QED) is 0.902. The zero-order valence-corrected chi connectivity index (χ0v) is 15.2. The van der Waals surface area contributed by atoms with Crippen LogP contribution < -0.4 is 5.32 Å². The molecule has 3 rings (SSSR count). The van der Waals surface area contributed by atoms with E-state index in [9.17, 15) is 9.18 Å². The zero-order valence-electron chi connectivity index (χ0n) is 14.4. The molecule has 1 amide bonds. The summed E-state index contributed by atoms with van der Waals surface area (Å²) in [6, 6.07) is 14.9. The molecule has 1 unspecified atom stereocenters. The van der Waals surface area contributed by atoms with Gasteiger partial charge in [-0.1, -0.05) is 49.4 Å². The van der Waals surface area contributed by atoms with Gasteiger partial charge in [0, 0.05) is 19.6 Å². The van der Waals surface area contributed by atoms with Crippen molar-refractivity contribution in [1.82, 2.24) is 10.2 Å². The van der Waals surface area contributed by atoms with Crippen LogP contribution >= 0.6 is 12.4 Å².